The average Bonchev–Trinajstić information content (AvgIpc) is 2.68. The first kappa shape index (κ1) is 19.9. The van der Waals surface area contributed by atoms with Crippen LogP contribution < -0.4 is 10.3 Å². The van der Waals surface area contributed by atoms with Crippen LogP contribution in [0.2, 0.25) is 5.02 Å². The van der Waals surface area contributed by atoms with Crippen molar-refractivity contribution < 1.29 is 14.3 Å². The van der Waals surface area contributed by atoms with E-state index in [0.29, 0.717) is 28.1 Å². The lowest BCUT2D eigenvalue weighted by Gasteiger charge is -2.12. The third kappa shape index (κ3) is 4.51. The fraction of sp³-hybridized carbons (Fsp3) is 0.286. The molecule has 0 spiro atoms. The maximum atomic E-state index is 12.6. The van der Waals surface area contributed by atoms with Gasteiger partial charge in [-0.2, -0.15) is 5.10 Å². The summed E-state index contributed by atoms with van der Waals surface area (Å²) in [5.41, 5.74) is -0.100. The molecule has 0 aliphatic carbocycles. The van der Waals surface area contributed by atoms with E-state index in [2.05, 4.69) is 5.10 Å². The number of benzene rings is 2. The first-order valence-corrected chi connectivity index (χ1v) is 9.39. The molecule has 146 valence electrons. The molecule has 0 radical (unpaired) electrons. The van der Waals surface area contributed by atoms with Crippen molar-refractivity contribution in [2.45, 2.75) is 20.4 Å². The van der Waals surface area contributed by atoms with Crippen LogP contribution >= 0.6 is 11.6 Å². The summed E-state index contributed by atoms with van der Waals surface area (Å²) < 4.78 is 12.2. The number of esters is 1. The van der Waals surface area contributed by atoms with Crippen molar-refractivity contribution in [1.29, 1.82) is 0 Å². The first-order chi connectivity index (χ1) is 13.5. The van der Waals surface area contributed by atoms with Crippen LogP contribution in [-0.2, 0) is 11.3 Å². The Hall–Kier alpha value is -2.86. The zero-order valence-electron chi connectivity index (χ0n) is 15.7. The lowest BCUT2D eigenvalue weighted by atomic mass is 10.1. The van der Waals surface area contributed by atoms with E-state index < -0.39 is 5.97 Å². The highest BCUT2D eigenvalue weighted by atomic mass is 35.5. The molecular weight excluding hydrogens is 380 g/mol. The van der Waals surface area contributed by atoms with Crippen molar-refractivity contribution in [2.75, 3.05) is 13.2 Å². The SMILES string of the molecule is CC(C)Cn1nc(C(=O)OCCOc2ccccc2Cl)c2ccccc2c1=O. The number of rotatable bonds is 7. The molecule has 0 atom stereocenters. The minimum absolute atomic E-state index is 0.0311. The standard InChI is InChI=1S/C21H21ClN2O4/c1-14(2)13-24-20(25)16-8-4-3-7-15(16)19(23-24)21(26)28-12-11-27-18-10-6-5-9-17(18)22/h3-10,14H,11-13H2,1-2H3. The number of carbonyl (C=O) groups excluding carboxylic acids is 1. The molecule has 0 aliphatic rings. The van der Waals surface area contributed by atoms with E-state index in [0.717, 1.165) is 0 Å². The monoisotopic (exact) mass is 400 g/mol. The average molecular weight is 401 g/mol. The molecule has 0 amide bonds. The van der Waals surface area contributed by atoms with Crippen molar-refractivity contribution in [3.63, 3.8) is 0 Å². The number of hydrogen-bond donors (Lipinski definition) is 0. The van der Waals surface area contributed by atoms with Crippen LogP contribution in [0.1, 0.15) is 24.3 Å². The Labute approximate surface area is 167 Å². The summed E-state index contributed by atoms with van der Waals surface area (Å²) in [6.07, 6.45) is 0. The van der Waals surface area contributed by atoms with Crippen molar-refractivity contribution in [2.24, 2.45) is 5.92 Å². The Morgan fingerprint density at radius 2 is 1.75 bits per heavy atom. The number of para-hydroxylation sites is 1. The van der Waals surface area contributed by atoms with Gasteiger partial charge in [0.25, 0.3) is 5.56 Å². The molecule has 3 aromatic rings. The summed E-state index contributed by atoms with van der Waals surface area (Å²) in [6, 6.07) is 14.0. The Morgan fingerprint density at radius 1 is 1.07 bits per heavy atom. The van der Waals surface area contributed by atoms with Crippen molar-refractivity contribution in [3.8, 4) is 5.75 Å². The van der Waals surface area contributed by atoms with Gasteiger partial charge in [0.2, 0.25) is 0 Å². The van der Waals surface area contributed by atoms with E-state index in [9.17, 15) is 9.59 Å². The minimum Gasteiger partial charge on any atom is -0.488 e. The fourth-order valence-corrected chi connectivity index (χ4v) is 2.96. The Morgan fingerprint density at radius 3 is 2.46 bits per heavy atom. The second kappa shape index (κ2) is 8.89. The topological polar surface area (TPSA) is 70.4 Å². The van der Waals surface area contributed by atoms with Gasteiger partial charge in [-0.3, -0.25) is 4.79 Å². The largest absolute Gasteiger partial charge is 0.488 e. The highest BCUT2D eigenvalue weighted by molar-refractivity contribution is 6.32. The molecule has 7 heteroatoms. The maximum Gasteiger partial charge on any atom is 0.359 e. The van der Waals surface area contributed by atoms with Crippen molar-refractivity contribution >= 4 is 28.3 Å². The molecule has 3 rings (SSSR count). The third-order valence-electron chi connectivity index (χ3n) is 4.01. The van der Waals surface area contributed by atoms with Crippen LogP contribution in [0, 0.1) is 5.92 Å². The summed E-state index contributed by atoms with van der Waals surface area (Å²) in [5, 5.41) is 5.67. The Bertz CT molecular complexity index is 1050. The van der Waals surface area contributed by atoms with E-state index in [-0.39, 0.29) is 30.4 Å². The van der Waals surface area contributed by atoms with Gasteiger partial charge in [0, 0.05) is 11.9 Å². The number of hydrogen-bond acceptors (Lipinski definition) is 5. The minimum atomic E-state index is -0.600. The van der Waals surface area contributed by atoms with Crippen LogP contribution in [0.4, 0.5) is 0 Å². The number of carbonyl (C=O) groups is 1. The molecule has 0 bridgehead atoms. The summed E-state index contributed by atoms with van der Waals surface area (Å²) in [7, 11) is 0. The lowest BCUT2D eigenvalue weighted by Crippen LogP contribution is -2.28. The smallest absolute Gasteiger partial charge is 0.359 e. The molecule has 0 unspecified atom stereocenters. The summed E-state index contributed by atoms with van der Waals surface area (Å²) in [5.74, 6) is 0.130. The molecule has 1 heterocycles. The fourth-order valence-electron chi connectivity index (χ4n) is 2.77. The van der Waals surface area contributed by atoms with Gasteiger partial charge in [-0.05, 0) is 24.1 Å². The summed E-state index contributed by atoms with van der Waals surface area (Å²) in [6.45, 7) is 4.56. The molecule has 1 aromatic heterocycles. The second-order valence-electron chi connectivity index (χ2n) is 6.69. The lowest BCUT2D eigenvalue weighted by molar-refractivity contribution is 0.0443. The Balaban J connectivity index is 1.76. The highest BCUT2D eigenvalue weighted by Crippen LogP contribution is 2.23. The highest BCUT2D eigenvalue weighted by Gasteiger charge is 2.18. The molecule has 2 aromatic carbocycles. The third-order valence-corrected chi connectivity index (χ3v) is 4.32. The van der Waals surface area contributed by atoms with Crippen LogP contribution in [0.5, 0.6) is 5.75 Å². The van der Waals surface area contributed by atoms with Gasteiger partial charge in [-0.1, -0.05) is 55.8 Å². The van der Waals surface area contributed by atoms with Crippen molar-refractivity contribution in [3.05, 3.63) is 69.6 Å². The molecule has 0 saturated heterocycles. The number of fused-ring (bicyclic) bond motifs is 1. The van der Waals surface area contributed by atoms with E-state index in [1.807, 2.05) is 13.8 Å². The van der Waals surface area contributed by atoms with Crippen LogP contribution in [0.25, 0.3) is 10.8 Å². The molecule has 0 fully saturated rings. The van der Waals surface area contributed by atoms with Gasteiger partial charge >= 0.3 is 5.97 Å². The first-order valence-electron chi connectivity index (χ1n) is 9.01. The number of aromatic nitrogens is 2. The second-order valence-corrected chi connectivity index (χ2v) is 7.10. The van der Waals surface area contributed by atoms with Gasteiger partial charge < -0.3 is 9.47 Å². The molecule has 0 N–H and O–H groups in total. The molecule has 6 nitrogen and oxygen atoms in total. The number of halogens is 1. The van der Waals surface area contributed by atoms with Gasteiger partial charge in [-0.25, -0.2) is 9.48 Å². The van der Waals surface area contributed by atoms with Gasteiger partial charge in [-0.15, -0.1) is 0 Å². The van der Waals surface area contributed by atoms with Gasteiger partial charge in [0.1, 0.15) is 19.0 Å². The number of ether oxygens (including phenoxy) is 2. The summed E-state index contributed by atoms with van der Waals surface area (Å²) >= 11 is 6.03. The number of nitrogens with zero attached hydrogens (tertiary/aromatic N) is 2. The van der Waals surface area contributed by atoms with E-state index in [4.69, 9.17) is 21.1 Å². The molecule has 0 saturated carbocycles. The normalized spacial score (nSPS) is 11.0. The van der Waals surface area contributed by atoms with Crippen molar-refractivity contribution in [1.82, 2.24) is 9.78 Å². The van der Waals surface area contributed by atoms with E-state index in [1.165, 1.54) is 4.68 Å². The predicted molar refractivity (Wildman–Crippen MR) is 108 cm³/mol. The summed E-state index contributed by atoms with van der Waals surface area (Å²) in [4.78, 5) is 25.2. The maximum absolute atomic E-state index is 12.6. The van der Waals surface area contributed by atoms with Crippen LogP contribution in [0.3, 0.4) is 0 Å². The zero-order chi connectivity index (χ0) is 20.1. The van der Waals surface area contributed by atoms with Gasteiger partial charge in [0.05, 0.1) is 10.4 Å². The van der Waals surface area contributed by atoms with Crippen LogP contribution in [-0.4, -0.2) is 29.0 Å². The zero-order valence-corrected chi connectivity index (χ0v) is 16.5. The molecule has 28 heavy (non-hydrogen) atoms. The molecule has 0 aliphatic heterocycles. The van der Waals surface area contributed by atoms with Crippen LogP contribution in [0.15, 0.2) is 53.3 Å². The predicted octanol–water partition coefficient (Wildman–Crippen LogP) is 3.94. The van der Waals surface area contributed by atoms with E-state index in [1.54, 1.807) is 48.5 Å². The van der Waals surface area contributed by atoms with E-state index >= 15 is 0 Å². The molecular formula is C21H21ClN2O4. The Kier molecular flexibility index (Phi) is 6.31. The van der Waals surface area contributed by atoms with Gasteiger partial charge in [0.15, 0.2) is 5.69 Å². The quantitative estimate of drug-likeness (QED) is 0.443.